The molecule has 30 heavy (non-hydrogen) atoms. The highest BCUT2D eigenvalue weighted by Crippen LogP contribution is 2.28. The van der Waals surface area contributed by atoms with E-state index in [1.165, 1.54) is 26.8 Å². The SMILES string of the molecule is Cc1ccsc1CN1CSCC1C(O)CNC(C)(C)Cc1ccc2ccccc2c1. The van der Waals surface area contributed by atoms with Gasteiger partial charge in [-0.3, -0.25) is 4.90 Å². The summed E-state index contributed by atoms with van der Waals surface area (Å²) in [7, 11) is 0. The summed E-state index contributed by atoms with van der Waals surface area (Å²) < 4.78 is 0. The van der Waals surface area contributed by atoms with Gasteiger partial charge in [0.15, 0.2) is 0 Å². The standard InChI is InChI=1S/C25H32N2OS2/c1-18-10-11-30-24(18)15-27-17-29-16-22(27)23(28)14-26-25(2,3)13-19-8-9-20-6-4-5-7-21(20)12-19/h4-12,22-23,26,28H,13-17H2,1-3H3. The quantitative estimate of drug-likeness (QED) is 0.513. The maximum atomic E-state index is 11.0. The molecule has 2 unspecified atom stereocenters. The summed E-state index contributed by atoms with van der Waals surface area (Å²) >= 11 is 3.75. The van der Waals surface area contributed by atoms with E-state index in [2.05, 4.69) is 84.9 Å². The van der Waals surface area contributed by atoms with E-state index in [1.807, 2.05) is 23.1 Å². The highest BCUT2D eigenvalue weighted by atomic mass is 32.2. The van der Waals surface area contributed by atoms with E-state index in [0.29, 0.717) is 6.54 Å². The third kappa shape index (κ3) is 5.27. The third-order valence-corrected chi connectivity index (χ3v) is 8.12. The zero-order chi connectivity index (χ0) is 21.1. The summed E-state index contributed by atoms with van der Waals surface area (Å²) in [6.07, 6.45) is 0.568. The van der Waals surface area contributed by atoms with Crippen LogP contribution in [0.15, 0.2) is 53.9 Å². The van der Waals surface area contributed by atoms with Crippen LogP contribution in [-0.4, -0.2) is 45.9 Å². The highest BCUT2D eigenvalue weighted by molar-refractivity contribution is 7.99. The zero-order valence-corrected chi connectivity index (χ0v) is 19.7. The Labute approximate surface area is 188 Å². The molecule has 1 fully saturated rings. The van der Waals surface area contributed by atoms with Gasteiger partial charge >= 0.3 is 0 Å². The van der Waals surface area contributed by atoms with E-state index in [9.17, 15) is 5.11 Å². The van der Waals surface area contributed by atoms with Gasteiger partial charge in [-0.1, -0.05) is 42.5 Å². The Morgan fingerprint density at radius 1 is 1.17 bits per heavy atom. The summed E-state index contributed by atoms with van der Waals surface area (Å²) in [6, 6.07) is 17.6. The number of β-amino-alcohol motifs (C(OH)–C–C–N with tert-alkyl or cyclic N) is 1. The number of hydrogen-bond donors (Lipinski definition) is 2. The highest BCUT2D eigenvalue weighted by Gasteiger charge is 2.32. The van der Waals surface area contributed by atoms with Crippen LogP contribution in [0.5, 0.6) is 0 Å². The molecule has 0 saturated carbocycles. The topological polar surface area (TPSA) is 35.5 Å². The fraction of sp³-hybridized carbons (Fsp3) is 0.440. The molecule has 0 amide bonds. The molecule has 0 bridgehead atoms. The van der Waals surface area contributed by atoms with Gasteiger partial charge in [-0.15, -0.1) is 23.1 Å². The molecule has 0 aliphatic carbocycles. The molecule has 160 valence electrons. The lowest BCUT2D eigenvalue weighted by Crippen LogP contribution is -2.50. The normalized spacial score (nSPS) is 18.9. The third-order valence-electron chi connectivity index (χ3n) is 6.02. The number of hydrogen-bond acceptors (Lipinski definition) is 5. The van der Waals surface area contributed by atoms with Crippen LogP contribution in [0.1, 0.15) is 29.9 Å². The molecule has 1 aliphatic heterocycles. The average molecular weight is 441 g/mol. The molecular weight excluding hydrogens is 408 g/mol. The van der Waals surface area contributed by atoms with E-state index < -0.39 is 0 Å². The van der Waals surface area contributed by atoms with Gasteiger partial charge in [0, 0.05) is 41.2 Å². The van der Waals surface area contributed by atoms with Crippen molar-refractivity contribution in [1.82, 2.24) is 10.2 Å². The maximum Gasteiger partial charge on any atom is 0.0828 e. The predicted octanol–water partition coefficient (Wildman–Crippen LogP) is 5.06. The van der Waals surface area contributed by atoms with Crippen molar-refractivity contribution in [1.29, 1.82) is 0 Å². The van der Waals surface area contributed by atoms with Crippen LogP contribution in [0, 0.1) is 6.92 Å². The molecule has 5 heteroatoms. The Bertz CT molecular complexity index is 984. The fourth-order valence-electron chi connectivity index (χ4n) is 4.20. The van der Waals surface area contributed by atoms with Crippen LogP contribution in [0.2, 0.25) is 0 Å². The van der Waals surface area contributed by atoms with E-state index >= 15 is 0 Å². The Kier molecular flexibility index (Phi) is 6.85. The van der Waals surface area contributed by atoms with Crippen LogP contribution in [-0.2, 0) is 13.0 Å². The van der Waals surface area contributed by atoms with E-state index in [-0.39, 0.29) is 17.7 Å². The van der Waals surface area contributed by atoms with E-state index in [0.717, 1.165) is 24.6 Å². The molecule has 3 aromatic rings. The van der Waals surface area contributed by atoms with Gasteiger partial charge in [0.25, 0.3) is 0 Å². The van der Waals surface area contributed by atoms with Crippen LogP contribution >= 0.6 is 23.1 Å². The summed E-state index contributed by atoms with van der Waals surface area (Å²) in [5, 5.41) is 19.3. The number of aliphatic hydroxyl groups excluding tert-OH is 1. The second-order valence-electron chi connectivity index (χ2n) is 9.03. The van der Waals surface area contributed by atoms with Gasteiger partial charge in [0.1, 0.15) is 0 Å². The van der Waals surface area contributed by atoms with Crippen molar-refractivity contribution in [2.45, 2.75) is 51.4 Å². The number of aliphatic hydroxyl groups is 1. The Morgan fingerprint density at radius 2 is 1.97 bits per heavy atom. The number of nitrogens with zero attached hydrogens (tertiary/aromatic N) is 1. The lowest BCUT2D eigenvalue weighted by molar-refractivity contribution is 0.0688. The first-order valence-electron chi connectivity index (χ1n) is 10.7. The second kappa shape index (κ2) is 9.41. The monoisotopic (exact) mass is 440 g/mol. The van der Waals surface area contributed by atoms with Crippen molar-refractivity contribution in [2.75, 3.05) is 18.2 Å². The Balaban J connectivity index is 1.34. The predicted molar refractivity (Wildman–Crippen MR) is 131 cm³/mol. The maximum absolute atomic E-state index is 11.0. The van der Waals surface area contributed by atoms with Gasteiger partial charge in [0.2, 0.25) is 0 Å². The minimum Gasteiger partial charge on any atom is -0.390 e. The number of thiophene rings is 1. The van der Waals surface area contributed by atoms with Crippen molar-refractivity contribution in [2.24, 2.45) is 0 Å². The Hall–Kier alpha value is -1.37. The number of fused-ring (bicyclic) bond motifs is 1. The summed E-state index contributed by atoms with van der Waals surface area (Å²) in [5.41, 5.74) is 2.61. The number of rotatable bonds is 8. The first kappa shape index (κ1) is 21.8. The molecule has 3 nitrogen and oxygen atoms in total. The largest absolute Gasteiger partial charge is 0.390 e. The molecule has 4 rings (SSSR count). The number of benzene rings is 2. The summed E-state index contributed by atoms with van der Waals surface area (Å²) in [5.74, 6) is 2.00. The van der Waals surface area contributed by atoms with Crippen LogP contribution < -0.4 is 5.32 Å². The first-order chi connectivity index (χ1) is 14.4. The smallest absolute Gasteiger partial charge is 0.0828 e. The summed E-state index contributed by atoms with van der Waals surface area (Å²) in [4.78, 5) is 3.85. The van der Waals surface area contributed by atoms with Crippen molar-refractivity contribution >= 4 is 33.9 Å². The molecule has 0 radical (unpaired) electrons. The molecule has 1 saturated heterocycles. The minimum atomic E-state index is -0.365. The molecule has 1 aromatic heterocycles. The molecule has 2 N–H and O–H groups in total. The van der Waals surface area contributed by atoms with Gasteiger partial charge in [-0.05, 0) is 60.5 Å². The molecule has 2 heterocycles. The van der Waals surface area contributed by atoms with Gasteiger partial charge in [0.05, 0.1) is 6.10 Å². The number of thioether (sulfide) groups is 1. The Morgan fingerprint density at radius 3 is 2.73 bits per heavy atom. The number of aryl methyl sites for hydroxylation is 1. The first-order valence-corrected chi connectivity index (χ1v) is 12.7. The van der Waals surface area contributed by atoms with E-state index in [1.54, 1.807) is 0 Å². The molecule has 2 aromatic carbocycles. The van der Waals surface area contributed by atoms with Crippen LogP contribution in [0.3, 0.4) is 0 Å². The van der Waals surface area contributed by atoms with Crippen molar-refractivity contribution < 1.29 is 5.11 Å². The van der Waals surface area contributed by atoms with Crippen molar-refractivity contribution in [3.63, 3.8) is 0 Å². The molecular formula is C25H32N2OS2. The number of nitrogens with one attached hydrogen (secondary N) is 1. The van der Waals surface area contributed by atoms with Crippen molar-refractivity contribution in [3.8, 4) is 0 Å². The van der Waals surface area contributed by atoms with E-state index in [4.69, 9.17) is 0 Å². The molecule has 2 atom stereocenters. The lowest BCUT2D eigenvalue weighted by atomic mass is 9.93. The zero-order valence-electron chi connectivity index (χ0n) is 18.1. The van der Waals surface area contributed by atoms with Gasteiger partial charge < -0.3 is 10.4 Å². The lowest BCUT2D eigenvalue weighted by Gasteiger charge is -2.32. The molecule has 0 spiro atoms. The van der Waals surface area contributed by atoms with Gasteiger partial charge in [-0.2, -0.15) is 0 Å². The summed E-state index contributed by atoms with van der Waals surface area (Å²) in [6.45, 7) is 8.19. The second-order valence-corrected chi connectivity index (χ2v) is 11.0. The van der Waals surface area contributed by atoms with Gasteiger partial charge in [-0.25, -0.2) is 0 Å². The minimum absolute atomic E-state index is 0.0790. The van der Waals surface area contributed by atoms with Crippen molar-refractivity contribution in [3.05, 3.63) is 69.9 Å². The van der Waals surface area contributed by atoms with Crippen LogP contribution in [0.25, 0.3) is 10.8 Å². The average Bonchev–Trinajstić information content (AvgIpc) is 3.35. The fourth-order valence-corrected chi connectivity index (χ4v) is 6.43. The van der Waals surface area contributed by atoms with Crippen LogP contribution in [0.4, 0.5) is 0 Å². The molecule has 1 aliphatic rings.